The van der Waals surface area contributed by atoms with Gasteiger partial charge in [0.1, 0.15) is 5.02 Å². The number of thiophene rings is 1. The van der Waals surface area contributed by atoms with Crippen molar-refractivity contribution in [1.29, 1.82) is 0 Å². The number of esters is 1. The highest BCUT2D eigenvalue weighted by Gasteiger charge is 2.16. The van der Waals surface area contributed by atoms with Crippen molar-refractivity contribution in [2.45, 2.75) is 13.0 Å². The van der Waals surface area contributed by atoms with E-state index in [1.54, 1.807) is 17.5 Å². The second-order valence-corrected chi connectivity index (χ2v) is 7.11. The quantitative estimate of drug-likeness (QED) is 0.311. The highest BCUT2D eigenvalue weighted by Crippen LogP contribution is 2.27. The molecule has 0 spiro atoms. The van der Waals surface area contributed by atoms with Crippen LogP contribution in [0, 0.1) is 10.1 Å². The Bertz CT molecular complexity index is 1140. The van der Waals surface area contributed by atoms with Gasteiger partial charge in [0.05, 0.1) is 22.8 Å². The summed E-state index contributed by atoms with van der Waals surface area (Å²) in [6, 6.07) is 7.25. The SMILES string of the molecule is O=C(COC(=O)CCn1nc(-c2cccs2)oc1=O)Nc1ccc(Cl)c([N+](=O)[O-])c1. The molecule has 0 unspecified atom stereocenters. The molecular formula is C17H13ClN4O7S. The molecule has 0 radical (unpaired) electrons. The van der Waals surface area contributed by atoms with E-state index in [2.05, 4.69) is 10.4 Å². The minimum absolute atomic E-state index is 0.0743. The van der Waals surface area contributed by atoms with Crippen molar-refractivity contribution in [2.75, 3.05) is 11.9 Å². The zero-order valence-electron chi connectivity index (χ0n) is 15.1. The van der Waals surface area contributed by atoms with E-state index in [-0.39, 0.29) is 35.3 Å². The molecular weight excluding hydrogens is 440 g/mol. The third kappa shape index (κ3) is 5.30. The number of aryl methyl sites for hydroxylation is 1. The summed E-state index contributed by atoms with van der Waals surface area (Å²) in [6.07, 6.45) is -0.212. The lowest BCUT2D eigenvalue weighted by atomic mass is 10.3. The Labute approximate surface area is 177 Å². The number of carbonyl (C=O) groups excluding carboxylic acids is 2. The molecule has 0 saturated carbocycles. The lowest BCUT2D eigenvalue weighted by Crippen LogP contribution is -2.23. The smallest absolute Gasteiger partial charge is 0.437 e. The zero-order chi connectivity index (χ0) is 21.7. The third-order valence-corrected chi connectivity index (χ3v) is 4.83. The predicted octanol–water partition coefficient (Wildman–Crippen LogP) is 2.70. The molecule has 3 rings (SSSR count). The van der Waals surface area contributed by atoms with Gasteiger partial charge in [-0.05, 0) is 23.6 Å². The first-order valence-corrected chi connectivity index (χ1v) is 9.60. The number of amides is 1. The summed E-state index contributed by atoms with van der Waals surface area (Å²) in [4.78, 5) is 46.3. The molecule has 0 bridgehead atoms. The summed E-state index contributed by atoms with van der Waals surface area (Å²) in [5.41, 5.74) is -0.242. The lowest BCUT2D eigenvalue weighted by Gasteiger charge is -2.07. The second kappa shape index (κ2) is 9.33. The minimum Gasteiger partial charge on any atom is -0.456 e. The number of anilines is 1. The van der Waals surface area contributed by atoms with Crippen LogP contribution in [0.25, 0.3) is 10.8 Å². The molecule has 1 amide bonds. The van der Waals surface area contributed by atoms with Gasteiger partial charge in [-0.2, -0.15) is 4.68 Å². The maximum Gasteiger partial charge on any atom is 0.437 e. The summed E-state index contributed by atoms with van der Waals surface area (Å²) in [5, 5.41) is 19.0. The summed E-state index contributed by atoms with van der Waals surface area (Å²) in [7, 11) is 0. The van der Waals surface area contributed by atoms with Crippen LogP contribution in [0.3, 0.4) is 0 Å². The molecule has 0 aliphatic rings. The average Bonchev–Trinajstić information content (AvgIpc) is 3.36. The minimum atomic E-state index is -0.736. The zero-order valence-corrected chi connectivity index (χ0v) is 16.6. The number of nitro groups is 1. The van der Waals surface area contributed by atoms with Crippen LogP contribution in [0.4, 0.5) is 11.4 Å². The predicted molar refractivity (Wildman–Crippen MR) is 106 cm³/mol. The number of nitrogens with one attached hydrogen (secondary N) is 1. The number of ether oxygens (including phenoxy) is 1. The normalized spacial score (nSPS) is 10.6. The van der Waals surface area contributed by atoms with Gasteiger partial charge in [0.2, 0.25) is 0 Å². The largest absolute Gasteiger partial charge is 0.456 e. The monoisotopic (exact) mass is 452 g/mol. The van der Waals surface area contributed by atoms with Crippen LogP contribution in [0.15, 0.2) is 44.9 Å². The van der Waals surface area contributed by atoms with Crippen LogP contribution in [0.5, 0.6) is 0 Å². The van der Waals surface area contributed by atoms with Crippen LogP contribution >= 0.6 is 22.9 Å². The van der Waals surface area contributed by atoms with Gasteiger partial charge in [-0.15, -0.1) is 16.4 Å². The van der Waals surface area contributed by atoms with E-state index in [0.717, 1.165) is 10.7 Å². The van der Waals surface area contributed by atoms with Crippen LogP contribution in [-0.2, 0) is 20.9 Å². The molecule has 0 aliphatic carbocycles. The van der Waals surface area contributed by atoms with Gasteiger partial charge in [0.15, 0.2) is 6.61 Å². The average molecular weight is 453 g/mol. The van der Waals surface area contributed by atoms with Gasteiger partial charge >= 0.3 is 11.7 Å². The van der Waals surface area contributed by atoms with Crippen molar-refractivity contribution < 1.29 is 23.7 Å². The fraction of sp³-hybridized carbons (Fsp3) is 0.176. The van der Waals surface area contributed by atoms with Crippen molar-refractivity contribution in [3.63, 3.8) is 0 Å². The molecule has 13 heteroatoms. The van der Waals surface area contributed by atoms with Gasteiger partial charge in [0.25, 0.3) is 17.5 Å². The van der Waals surface area contributed by atoms with Crippen LogP contribution < -0.4 is 11.1 Å². The molecule has 156 valence electrons. The van der Waals surface area contributed by atoms with Crippen molar-refractivity contribution in [3.8, 4) is 10.8 Å². The Morgan fingerprint density at radius 1 is 1.37 bits per heavy atom. The first-order chi connectivity index (χ1) is 14.3. The van der Waals surface area contributed by atoms with E-state index in [1.165, 1.54) is 23.5 Å². The molecule has 2 aromatic heterocycles. The van der Waals surface area contributed by atoms with Gasteiger partial charge in [0, 0.05) is 11.8 Å². The number of benzene rings is 1. The van der Waals surface area contributed by atoms with E-state index in [9.17, 15) is 24.5 Å². The van der Waals surface area contributed by atoms with Crippen molar-refractivity contribution >= 4 is 46.2 Å². The Hall–Kier alpha value is -3.51. The number of hydrogen-bond donors (Lipinski definition) is 1. The van der Waals surface area contributed by atoms with Gasteiger partial charge in [-0.3, -0.25) is 19.7 Å². The highest BCUT2D eigenvalue weighted by atomic mass is 35.5. The number of hydrogen-bond acceptors (Lipinski definition) is 9. The van der Waals surface area contributed by atoms with E-state index >= 15 is 0 Å². The number of aromatic nitrogens is 2. The molecule has 1 N–H and O–H groups in total. The summed E-state index contributed by atoms with van der Waals surface area (Å²) in [5.74, 6) is -1.99. The Kier molecular flexibility index (Phi) is 6.59. The van der Waals surface area contributed by atoms with Gasteiger partial charge in [-0.1, -0.05) is 17.7 Å². The third-order valence-electron chi connectivity index (χ3n) is 3.66. The number of nitro benzene ring substituents is 1. The Morgan fingerprint density at radius 2 is 2.17 bits per heavy atom. The van der Waals surface area contributed by atoms with E-state index < -0.39 is 29.2 Å². The van der Waals surface area contributed by atoms with Crippen molar-refractivity contribution in [2.24, 2.45) is 0 Å². The number of nitrogens with zero attached hydrogens (tertiary/aromatic N) is 3. The number of rotatable bonds is 8. The molecule has 11 nitrogen and oxygen atoms in total. The van der Waals surface area contributed by atoms with Crippen molar-refractivity contribution in [1.82, 2.24) is 9.78 Å². The lowest BCUT2D eigenvalue weighted by molar-refractivity contribution is -0.384. The maximum atomic E-state index is 11.9. The summed E-state index contributed by atoms with van der Waals surface area (Å²) in [6.45, 7) is -0.693. The first-order valence-electron chi connectivity index (χ1n) is 8.34. The first kappa shape index (κ1) is 21.2. The molecule has 1 aromatic carbocycles. The topological polar surface area (TPSA) is 147 Å². The van der Waals surface area contributed by atoms with Crippen LogP contribution in [0.1, 0.15) is 6.42 Å². The van der Waals surface area contributed by atoms with Crippen molar-refractivity contribution in [3.05, 3.63) is 61.4 Å². The fourth-order valence-electron chi connectivity index (χ4n) is 2.29. The summed E-state index contributed by atoms with van der Waals surface area (Å²) >= 11 is 7.05. The van der Waals surface area contributed by atoms with Gasteiger partial charge < -0.3 is 14.5 Å². The summed E-state index contributed by atoms with van der Waals surface area (Å²) < 4.78 is 10.8. The van der Waals surface area contributed by atoms with Crippen LogP contribution in [-0.4, -0.2) is 33.2 Å². The van der Waals surface area contributed by atoms with E-state index in [0.29, 0.717) is 4.88 Å². The fourth-order valence-corrected chi connectivity index (χ4v) is 3.12. The van der Waals surface area contributed by atoms with E-state index in [4.69, 9.17) is 20.8 Å². The molecule has 0 atom stereocenters. The molecule has 0 fully saturated rings. The number of carbonyl (C=O) groups is 2. The maximum absolute atomic E-state index is 11.9. The Balaban J connectivity index is 1.48. The molecule has 30 heavy (non-hydrogen) atoms. The number of halogens is 1. The molecule has 2 heterocycles. The second-order valence-electron chi connectivity index (χ2n) is 5.76. The van der Waals surface area contributed by atoms with E-state index in [1.807, 2.05) is 0 Å². The molecule has 0 aliphatic heterocycles. The molecule has 0 saturated heterocycles. The van der Waals surface area contributed by atoms with Gasteiger partial charge in [-0.25, -0.2) is 4.79 Å². The highest BCUT2D eigenvalue weighted by molar-refractivity contribution is 7.13. The standard InChI is InChI=1S/C17H13ClN4O7S/c18-11-4-3-10(8-12(11)22(26)27)19-14(23)9-28-15(24)5-6-21-17(25)29-16(20-21)13-2-1-7-30-13/h1-4,7-8H,5-6,9H2,(H,19,23). The molecule has 3 aromatic rings. The van der Waals surface area contributed by atoms with Crippen LogP contribution in [0.2, 0.25) is 5.02 Å². The Morgan fingerprint density at radius 3 is 2.87 bits per heavy atom.